The van der Waals surface area contributed by atoms with Gasteiger partial charge in [0.25, 0.3) is 0 Å². The van der Waals surface area contributed by atoms with E-state index in [0.29, 0.717) is 19.3 Å². The van der Waals surface area contributed by atoms with Crippen LogP contribution in [-0.4, -0.2) is 24.5 Å². The van der Waals surface area contributed by atoms with Gasteiger partial charge in [0.15, 0.2) is 0 Å². The predicted octanol–water partition coefficient (Wildman–Crippen LogP) is 2.22. The lowest BCUT2D eigenvalue weighted by Gasteiger charge is -2.17. The summed E-state index contributed by atoms with van der Waals surface area (Å²) < 4.78 is 4.55. The molecule has 2 rings (SSSR count). The minimum Gasteiger partial charge on any atom is -0.469 e. The number of esters is 1. The van der Waals surface area contributed by atoms with E-state index >= 15 is 0 Å². The van der Waals surface area contributed by atoms with Crippen LogP contribution in [0.15, 0.2) is 30.3 Å². The van der Waals surface area contributed by atoms with Gasteiger partial charge in [-0.2, -0.15) is 0 Å². The molecule has 108 valence electrons. The van der Waals surface area contributed by atoms with Gasteiger partial charge in [0, 0.05) is 18.4 Å². The van der Waals surface area contributed by atoms with E-state index < -0.39 is 0 Å². The largest absolute Gasteiger partial charge is 0.469 e. The fraction of sp³-hybridized carbons (Fsp3) is 0.500. The molecule has 0 aliphatic heterocycles. The van der Waals surface area contributed by atoms with Crippen molar-refractivity contribution in [3.8, 4) is 0 Å². The van der Waals surface area contributed by atoms with Crippen LogP contribution in [0.1, 0.15) is 37.7 Å². The predicted molar refractivity (Wildman–Crippen MR) is 76.1 cm³/mol. The number of benzene rings is 1. The van der Waals surface area contributed by atoms with Crippen molar-refractivity contribution >= 4 is 11.9 Å². The van der Waals surface area contributed by atoms with Crippen LogP contribution in [0, 0.1) is 0 Å². The Morgan fingerprint density at radius 1 is 1.20 bits per heavy atom. The van der Waals surface area contributed by atoms with Gasteiger partial charge in [-0.1, -0.05) is 30.3 Å². The second-order valence-corrected chi connectivity index (χ2v) is 5.42. The van der Waals surface area contributed by atoms with Crippen LogP contribution in [0.2, 0.25) is 0 Å². The molecule has 0 saturated heterocycles. The first kappa shape index (κ1) is 14.6. The van der Waals surface area contributed by atoms with Gasteiger partial charge in [0.1, 0.15) is 0 Å². The van der Waals surface area contributed by atoms with E-state index in [1.165, 1.54) is 12.7 Å². The van der Waals surface area contributed by atoms with Gasteiger partial charge in [-0.05, 0) is 31.2 Å². The molecule has 1 aliphatic carbocycles. The third-order valence-corrected chi connectivity index (χ3v) is 3.66. The van der Waals surface area contributed by atoms with Crippen LogP contribution >= 0.6 is 0 Å². The van der Waals surface area contributed by atoms with Crippen molar-refractivity contribution < 1.29 is 14.3 Å². The monoisotopic (exact) mass is 275 g/mol. The standard InChI is InChI=1S/C16H21NO3/c1-20-15(19)9-5-8-14(18)17-16(10-11-16)12-13-6-3-2-4-7-13/h2-4,6-7H,5,8-12H2,1H3,(H,17,18). The van der Waals surface area contributed by atoms with E-state index in [-0.39, 0.29) is 17.4 Å². The number of carbonyl (C=O) groups excluding carboxylic acids is 2. The molecule has 1 fully saturated rings. The zero-order valence-corrected chi connectivity index (χ0v) is 11.9. The van der Waals surface area contributed by atoms with Crippen molar-refractivity contribution in [3.63, 3.8) is 0 Å². The molecule has 1 N–H and O–H groups in total. The average Bonchev–Trinajstić information content (AvgIpc) is 3.18. The van der Waals surface area contributed by atoms with Crippen molar-refractivity contribution in [1.82, 2.24) is 5.32 Å². The number of ether oxygens (including phenoxy) is 1. The van der Waals surface area contributed by atoms with E-state index in [1.54, 1.807) is 0 Å². The van der Waals surface area contributed by atoms with E-state index in [4.69, 9.17) is 0 Å². The number of methoxy groups -OCH3 is 1. The Hall–Kier alpha value is -1.84. The number of hydrogen-bond donors (Lipinski definition) is 1. The summed E-state index contributed by atoms with van der Waals surface area (Å²) in [7, 11) is 1.36. The minimum absolute atomic E-state index is 0.0299. The number of hydrogen-bond acceptors (Lipinski definition) is 3. The van der Waals surface area contributed by atoms with Crippen LogP contribution in [0.4, 0.5) is 0 Å². The van der Waals surface area contributed by atoms with Crippen molar-refractivity contribution in [2.75, 3.05) is 7.11 Å². The molecule has 0 unspecified atom stereocenters. The maximum Gasteiger partial charge on any atom is 0.305 e. The molecule has 0 spiro atoms. The van der Waals surface area contributed by atoms with Gasteiger partial charge in [-0.3, -0.25) is 9.59 Å². The third kappa shape index (κ3) is 4.37. The molecule has 1 aromatic rings. The molecule has 4 heteroatoms. The molecule has 1 aromatic carbocycles. The van der Waals surface area contributed by atoms with Crippen molar-refractivity contribution in [3.05, 3.63) is 35.9 Å². The van der Waals surface area contributed by atoms with Crippen LogP contribution in [0.25, 0.3) is 0 Å². The molecular formula is C16H21NO3. The van der Waals surface area contributed by atoms with Crippen LogP contribution in [-0.2, 0) is 20.7 Å². The van der Waals surface area contributed by atoms with Crippen molar-refractivity contribution in [1.29, 1.82) is 0 Å². The molecule has 1 aliphatic rings. The fourth-order valence-corrected chi connectivity index (χ4v) is 2.34. The Balaban J connectivity index is 1.75. The Kier molecular flexibility index (Phi) is 4.77. The normalized spacial score (nSPS) is 15.4. The quantitative estimate of drug-likeness (QED) is 0.776. The smallest absolute Gasteiger partial charge is 0.305 e. The van der Waals surface area contributed by atoms with E-state index in [2.05, 4.69) is 22.2 Å². The van der Waals surface area contributed by atoms with Crippen molar-refractivity contribution in [2.24, 2.45) is 0 Å². The van der Waals surface area contributed by atoms with Crippen LogP contribution in [0.5, 0.6) is 0 Å². The zero-order chi connectivity index (χ0) is 14.4. The first-order valence-electron chi connectivity index (χ1n) is 7.05. The summed E-state index contributed by atoms with van der Waals surface area (Å²) in [6.07, 6.45) is 4.17. The Morgan fingerprint density at radius 3 is 2.50 bits per heavy atom. The zero-order valence-electron chi connectivity index (χ0n) is 11.9. The number of nitrogens with one attached hydrogen (secondary N) is 1. The van der Waals surface area contributed by atoms with Gasteiger partial charge in [-0.15, -0.1) is 0 Å². The molecule has 0 heterocycles. The van der Waals surface area contributed by atoms with Gasteiger partial charge in [0.2, 0.25) is 5.91 Å². The third-order valence-electron chi connectivity index (χ3n) is 3.66. The highest BCUT2D eigenvalue weighted by atomic mass is 16.5. The van der Waals surface area contributed by atoms with Gasteiger partial charge >= 0.3 is 5.97 Å². The summed E-state index contributed by atoms with van der Waals surface area (Å²) in [5, 5.41) is 3.12. The summed E-state index contributed by atoms with van der Waals surface area (Å²) in [6, 6.07) is 10.2. The first-order chi connectivity index (χ1) is 9.63. The Bertz CT molecular complexity index is 466. The Labute approximate surface area is 119 Å². The van der Waals surface area contributed by atoms with Crippen molar-refractivity contribution in [2.45, 2.75) is 44.1 Å². The molecule has 20 heavy (non-hydrogen) atoms. The number of carbonyl (C=O) groups is 2. The summed E-state index contributed by atoms with van der Waals surface area (Å²) in [6.45, 7) is 0. The summed E-state index contributed by atoms with van der Waals surface area (Å²) in [4.78, 5) is 22.9. The summed E-state index contributed by atoms with van der Waals surface area (Å²) in [5.74, 6) is -0.231. The van der Waals surface area contributed by atoms with Gasteiger partial charge in [-0.25, -0.2) is 0 Å². The molecular weight excluding hydrogens is 254 g/mol. The topological polar surface area (TPSA) is 55.4 Å². The SMILES string of the molecule is COC(=O)CCCC(=O)NC1(Cc2ccccc2)CC1. The van der Waals surface area contributed by atoms with E-state index in [9.17, 15) is 9.59 Å². The maximum atomic E-state index is 11.9. The molecule has 0 aromatic heterocycles. The summed E-state index contributed by atoms with van der Waals surface area (Å²) >= 11 is 0. The fourth-order valence-electron chi connectivity index (χ4n) is 2.34. The van der Waals surface area contributed by atoms with Gasteiger partial charge < -0.3 is 10.1 Å². The lowest BCUT2D eigenvalue weighted by molar-refractivity contribution is -0.140. The number of rotatable bonds is 7. The maximum absolute atomic E-state index is 11.9. The molecule has 0 atom stereocenters. The Morgan fingerprint density at radius 2 is 1.90 bits per heavy atom. The molecule has 4 nitrogen and oxygen atoms in total. The highest BCUT2D eigenvalue weighted by Crippen LogP contribution is 2.38. The molecule has 1 amide bonds. The van der Waals surface area contributed by atoms with Crippen LogP contribution < -0.4 is 5.32 Å². The first-order valence-corrected chi connectivity index (χ1v) is 7.05. The second-order valence-electron chi connectivity index (χ2n) is 5.42. The lowest BCUT2D eigenvalue weighted by Crippen LogP contribution is -2.38. The van der Waals surface area contributed by atoms with E-state index in [1.807, 2.05) is 18.2 Å². The second kappa shape index (κ2) is 6.55. The van der Waals surface area contributed by atoms with Gasteiger partial charge in [0.05, 0.1) is 7.11 Å². The van der Waals surface area contributed by atoms with E-state index in [0.717, 1.165) is 19.3 Å². The molecule has 1 saturated carbocycles. The average molecular weight is 275 g/mol. The van der Waals surface area contributed by atoms with Crippen LogP contribution in [0.3, 0.4) is 0 Å². The highest BCUT2D eigenvalue weighted by Gasteiger charge is 2.43. The summed E-state index contributed by atoms with van der Waals surface area (Å²) in [5.41, 5.74) is 1.20. The molecule has 0 bridgehead atoms. The lowest BCUT2D eigenvalue weighted by atomic mass is 10.0. The number of amides is 1. The molecule has 0 radical (unpaired) electrons. The minimum atomic E-state index is -0.261. The highest BCUT2D eigenvalue weighted by molar-refractivity contribution is 5.78.